The van der Waals surface area contributed by atoms with E-state index in [0.29, 0.717) is 48.3 Å². The minimum Gasteiger partial charge on any atom is -0.494 e. The van der Waals surface area contributed by atoms with Crippen molar-refractivity contribution >= 4 is 11.8 Å². The zero-order valence-electron chi connectivity index (χ0n) is 26.4. The van der Waals surface area contributed by atoms with Crippen molar-refractivity contribution in [3.8, 4) is 5.75 Å². The quantitative estimate of drug-likeness (QED) is 0.0772. The standard InChI is InChI=1S/C35H40N8O4/c36-42-39-23-28-12-5-4-11-27(28)21-35(34(45)38-22-25-9-2-1-3-10-25)32(31-14-7-6-13-29(31)24-40-43-37)47-33(41-35)26-15-17-30(18-16-26)46-20-8-19-44/h4-7,11-18,25,32,44H,1-3,8-10,19-24H2,(H,38,45)/t32-,35-/m1/s1. The number of nitrogens with one attached hydrogen (secondary N) is 1. The molecule has 12 heteroatoms. The topological polar surface area (TPSA) is 178 Å². The first-order chi connectivity index (χ1) is 23.1. The molecule has 0 bridgehead atoms. The molecule has 1 amide bonds. The molecule has 0 spiro atoms. The first-order valence-corrected chi connectivity index (χ1v) is 16.1. The van der Waals surface area contributed by atoms with E-state index in [9.17, 15) is 4.79 Å². The van der Waals surface area contributed by atoms with Gasteiger partial charge in [-0.25, -0.2) is 4.99 Å². The number of nitrogens with zero attached hydrogens (tertiary/aromatic N) is 7. The lowest BCUT2D eigenvalue weighted by Gasteiger charge is -2.33. The van der Waals surface area contributed by atoms with E-state index >= 15 is 0 Å². The predicted molar refractivity (Wildman–Crippen MR) is 179 cm³/mol. The Kier molecular flexibility index (Phi) is 11.7. The Hall–Kier alpha value is -5.02. The SMILES string of the molecule is [N-]=[N+]=NCc1ccccc1C[C@@]1(C(=O)NCC2CCCCC2)N=C(c2ccc(OCCCO)cc2)O[C@@H]1c1ccccc1CN=[N+]=[N-]. The molecule has 2 aliphatic rings. The Morgan fingerprint density at radius 3 is 2.30 bits per heavy atom. The third-order valence-corrected chi connectivity index (χ3v) is 8.83. The molecule has 0 aromatic heterocycles. The Bertz CT molecular complexity index is 1640. The molecule has 3 aromatic rings. The smallest absolute Gasteiger partial charge is 0.252 e. The van der Waals surface area contributed by atoms with Crippen LogP contribution in [0.3, 0.4) is 0 Å². The van der Waals surface area contributed by atoms with Crippen LogP contribution < -0.4 is 10.1 Å². The van der Waals surface area contributed by atoms with Crippen LogP contribution in [0.25, 0.3) is 20.9 Å². The summed E-state index contributed by atoms with van der Waals surface area (Å²) >= 11 is 0. The van der Waals surface area contributed by atoms with E-state index in [1.165, 1.54) is 6.42 Å². The Balaban J connectivity index is 1.61. The maximum Gasteiger partial charge on any atom is 0.252 e. The normalized spacial score (nSPS) is 19.1. The van der Waals surface area contributed by atoms with Crippen LogP contribution in [0, 0.1) is 5.92 Å². The average molecular weight is 637 g/mol. The lowest BCUT2D eigenvalue weighted by molar-refractivity contribution is -0.129. The van der Waals surface area contributed by atoms with Crippen molar-refractivity contribution in [3.05, 3.63) is 121 Å². The number of rotatable bonds is 15. The fourth-order valence-corrected chi connectivity index (χ4v) is 6.36. The van der Waals surface area contributed by atoms with E-state index in [2.05, 4.69) is 25.4 Å². The first kappa shape index (κ1) is 33.3. The minimum atomic E-state index is -1.45. The number of amides is 1. The highest BCUT2D eigenvalue weighted by molar-refractivity contribution is 6.01. The number of azide groups is 2. The van der Waals surface area contributed by atoms with Gasteiger partial charge in [-0.3, -0.25) is 4.79 Å². The third-order valence-electron chi connectivity index (χ3n) is 8.83. The number of ether oxygens (including phenoxy) is 2. The predicted octanol–water partition coefficient (Wildman–Crippen LogP) is 7.26. The van der Waals surface area contributed by atoms with Crippen LogP contribution in [-0.2, 0) is 29.0 Å². The molecular weight excluding hydrogens is 596 g/mol. The van der Waals surface area contributed by atoms with Gasteiger partial charge in [-0.05, 0) is 76.3 Å². The molecule has 244 valence electrons. The van der Waals surface area contributed by atoms with Crippen LogP contribution in [0.4, 0.5) is 0 Å². The minimum absolute atomic E-state index is 0.0438. The molecule has 3 aromatic carbocycles. The zero-order chi connectivity index (χ0) is 32.9. The number of hydrogen-bond donors (Lipinski definition) is 2. The lowest BCUT2D eigenvalue weighted by Crippen LogP contribution is -2.51. The lowest BCUT2D eigenvalue weighted by atomic mass is 9.79. The van der Waals surface area contributed by atoms with E-state index in [1.807, 2.05) is 72.8 Å². The third kappa shape index (κ3) is 8.23. The summed E-state index contributed by atoms with van der Waals surface area (Å²) in [5, 5.41) is 20.0. The maximum atomic E-state index is 14.7. The highest BCUT2D eigenvalue weighted by Crippen LogP contribution is 2.44. The summed E-state index contributed by atoms with van der Waals surface area (Å²) in [6, 6.07) is 22.3. The molecule has 0 saturated heterocycles. The summed E-state index contributed by atoms with van der Waals surface area (Å²) in [6.07, 6.45) is 5.49. The Morgan fingerprint density at radius 1 is 0.936 bits per heavy atom. The van der Waals surface area contributed by atoms with E-state index in [-0.39, 0.29) is 32.0 Å². The molecule has 1 aliphatic carbocycles. The number of benzene rings is 3. The zero-order valence-corrected chi connectivity index (χ0v) is 26.4. The van der Waals surface area contributed by atoms with Gasteiger partial charge in [0.25, 0.3) is 5.91 Å². The average Bonchev–Trinajstić information content (AvgIpc) is 3.50. The molecule has 0 unspecified atom stereocenters. The highest BCUT2D eigenvalue weighted by Gasteiger charge is 2.54. The molecule has 1 heterocycles. The number of hydrogen-bond acceptors (Lipinski definition) is 7. The summed E-state index contributed by atoms with van der Waals surface area (Å²) in [5.74, 6) is 1.07. The van der Waals surface area contributed by atoms with E-state index < -0.39 is 11.6 Å². The number of aliphatic hydroxyl groups excluding tert-OH is 1. The van der Waals surface area contributed by atoms with Gasteiger partial charge >= 0.3 is 0 Å². The monoisotopic (exact) mass is 636 g/mol. The van der Waals surface area contributed by atoms with Gasteiger partial charge in [0, 0.05) is 41.4 Å². The summed E-state index contributed by atoms with van der Waals surface area (Å²) in [7, 11) is 0. The second kappa shape index (κ2) is 16.5. The molecule has 1 saturated carbocycles. The number of carbonyl (C=O) groups excluding carboxylic acids is 1. The summed E-state index contributed by atoms with van der Waals surface area (Å²) in [4.78, 5) is 25.8. The van der Waals surface area contributed by atoms with Crippen molar-refractivity contribution in [2.24, 2.45) is 21.1 Å². The summed E-state index contributed by atoms with van der Waals surface area (Å²) < 4.78 is 12.4. The van der Waals surface area contributed by atoms with Gasteiger partial charge in [0.05, 0.1) is 19.7 Å². The summed E-state index contributed by atoms with van der Waals surface area (Å²) in [5.41, 5.74) is 20.4. The van der Waals surface area contributed by atoms with E-state index in [1.54, 1.807) is 0 Å². The van der Waals surface area contributed by atoms with Gasteiger partial charge in [-0.2, -0.15) is 0 Å². The van der Waals surface area contributed by atoms with Crippen molar-refractivity contribution in [1.82, 2.24) is 5.32 Å². The summed E-state index contributed by atoms with van der Waals surface area (Å²) in [6.45, 7) is 1.17. The van der Waals surface area contributed by atoms with Crippen LogP contribution in [0.1, 0.15) is 72.4 Å². The van der Waals surface area contributed by atoms with Gasteiger partial charge in [0.1, 0.15) is 5.75 Å². The Morgan fingerprint density at radius 2 is 1.60 bits per heavy atom. The molecule has 2 N–H and O–H groups in total. The second-order valence-electron chi connectivity index (χ2n) is 11.9. The van der Waals surface area contributed by atoms with E-state index in [4.69, 9.17) is 30.6 Å². The van der Waals surface area contributed by atoms with Gasteiger partial charge in [0.2, 0.25) is 5.90 Å². The number of aliphatic imine (C=N–C) groups is 1. The highest BCUT2D eigenvalue weighted by atomic mass is 16.5. The van der Waals surface area contributed by atoms with Crippen LogP contribution in [-0.4, -0.2) is 42.2 Å². The van der Waals surface area contributed by atoms with Crippen LogP contribution in [0.15, 0.2) is 88.0 Å². The molecule has 1 aliphatic heterocycles. The van der Waals surface area contributed by atoms with Gasteiger partial charge < -0.3 is 19.9 Å². The van der Waals surface area contributed by atoms with Crippen molar-refractivity contribution in [2.45, 2.75) is 69.7 Å². The fourth-order valence-electron chi connectivity index (χ4n) is 6.36. The number of aliphatic hydroxyl groups is 1. The molecule has 47 heavy (non-hydrogen) atoms. The largest absolute Gasteiger partial charge is 0.494 e. The van der Waals surface area contributed by atoms with E-state index in [0.717, 1.165) is 42.4 Å². The van der Waals surface area contributed by atoms with Gasteiger partial charge in [-0.1, -0.05) is 78.0 Å². The maximum absolute atomic E-state index is 14.7. The molecule has 1 fully saturated rings. The first-order valence-electron chi connectivity index (χ1n) is 16.1. The fraction of sp³-hybridized carbons (Fsp3) is 0.429. The molecule has 0 radical (unpaired) electrons. The number of carbonyl (C=O) groups is 1. The second-order valence-corrected chi connectivity index (χ2v) is 11.9. The van der Waals surface area contributed by atoms with Crippen LogP contribution in [0.2, 0.25) is 0 Å². The van der Waals surface area contributed by atoms with Crippen molar-refractivity contribution < 1.29 is 19.4 Å². The molecule has 5 rings (SSSR count). The van der Waals surface area contributed by atoms with Gasteiger partial charge in [-0.15, -0.1) is 0 Å². The van der Waals surface area contributed by atoms with Crippen molar-refractivity contribution in [3.63, 3.8) is 0 Å². The molecule has 2 atom stereocenters. The van der Waals surface area contributed by atoms with Crippen molar-refractivity contribution in [1.29, 1.82) is 0 Å². The van der Waals surface area contributed by atoms with Crippen molar-refractivity contribution in [2.75, 3.05) is 19.8 Å². The molecule has 12 nitrogen and oxygen atoms in total. The van der Waals surface area contributed by atoms with Crippen LogP contribution in [0.5, 0.6) is 5.75 Å². The van der Waals surface area contributed by atoms with Crippen LogP contribution >= 0.6 is 0 Å². The molecular formula is C35H40N8O4. The van der Waals surface area contributed by atoms with Gasteiger partial charge in [0.15, 0.2) is 11.6 Å². The Labute approximate surface area is 274 Å².